The van der Waals surface area contributed by atoms with Gasteiger partial charge in [-0.05, 0) is 17.7 Å². The number of amides is 1. The van der Waals surface area contributed by atoms with Crippen LogP contribution in [0.4, 0.5) is 0 Å². The van der Waals surface area contributed by atoms with Crippen LogP contribution in [0.15, 0.2) is 65.5 Å². The van der Waals surface area contributed by atoms with Crippen LogP contribution in [0.1, 0.15) is 11.5 Å². The quantitative estimate of drug-likeness (QED) is 0.715. The first-order valence-corrected chi connectivity index (χ1v) is 8.70. The maximum Gasteiger partial charge on any atom is 0.230 e. The highest BCUT2D eigenvalue weighted by Crippen LogP contribution is 2.19. The molecule has 0 fully saturated rings. The van der Waals surface area contributed by atoms with Gasteiger partial charge in [0, 0.05) is 23.7 Å². The molecule has 1 N–H and O–H groups in total. The van der Waals surface area contributed by atoms with Crippen LogP contribution >= 0.6 is 11.8 Å². The molecule has 24 heavy (non-hydrogen) atoms. The second kappa shape index (κ2) is 8.31. The van der Waals surface area contributed by atoms with E-state index in [1.54, 1.807) is 30.4 Å². The maximum absolute atomic E-state index is 11.9. The normalized spacial score (nSPS) is 10.5. The van der Waals surface area contributed by atoms with Gasteiger partial charge in [-0.25, -0.2) is 4.98 Å². The molecule has 1 aromatic carbocycles. The summed E-state index contributed by atoms with van der Waals surface area (Å²) in [6.45, 7) is 0.293. The number of nitrogens with zero attached hydrogens (tertiary/aromatic N) is 2. The zero-order chi connectivity index (χ0) is 16.6. The number of carbonyl (C=O) groups excluding carboxylic acids is 1. The van der Waals surface area contributed by atoms with E-state index >= 15 is 0 Å². The van der Waals surface area contributed by atoms with Crippen molar-refractivity contribution < 1.29 is 9.21 Å². The summed E-state index contributed by atoms with van der Waals surface area (Å²) in [6, 6.07) is 13.6. The summed E-state index contributed by atoms with van der Waals surface area (Å²) in [4.78, 5) is 20.0. The lowest BCUT2D eigenvalue weighted by atomic mass is 10.2. The van der Waals surface area contributed by atoms with Gasteiger partial charge in [0.15, 0.2) is 5.76 Å². The number of carbonyl (C=O) groups is 1. The van der Waals surface area contributed by atoms with Gasteiger partial charge in [0.2, 0.25) is 11.8 Å². The number of oxazole rings is 1. The summed E-state index contributed by atoms with van der Waals surface area (Å²) in [5, 5.41) is 2.82. The van der Waals surface area contributed by atoms with E-state index in [0.29, 0.717) is 23.9 Å². The minimum Gasteiger partial charge on any atom is -0.439 e. The molecule has 5 nitrogen and oxygen atoms in total. The van der Waals surface area contributed by atoms with Crippen molar-refractivity contribution in [3.8, 4) is 11.3 Å². The van der Waals surface area contributed by atoms with Crippen molar-refractivity contribution in [2.24, 2.45) is 0 Å². The van der Waals surface area contributed by atoms with Gasteiger partial charge in [-0.3, -0.25) is 9.78 Å². The van der Waals surface area contributed by atoms with E-state index in [0.717, 1.165) is 16.9 Å². The number of pyridine rings is 1. The Bertz CT molecular complexity index is 775. The average molecular weight is 339 g/mol. The van der Waals surface area contributed by atoms with Crippen LogP contribution in [0, 0.1) is 0 Å². The lowest BCUT2D eigenvalue weighted by molar-refractivity contribution is -0.118. The molecule has 0 bridgehead atoms. The van der Waals surface area contributed by atoms with Gasteiger partial charge in [0.25, 0.3) is 0 Å². The highest BCUT2D eigenvalue weighted by atomic mass is 32.2. The van der Waals surface area contributed by atoms with Gasteiger partial charge in [-0.15, -0.1) is 11.8 Å². The lowest BCUT2D eigenvalue weighted by Crippen LogP contribution is -2.24. The summed E-state index contributed by atoms with van der Waals surface area (Å²) in [7, 11) is 0. The molecule has 0 saturated carbocycles. The second-order valence-electron chi connectivity index (χ2n) is 5.11. The summed E-state index contributed by atoms with van der Waals surface area (Å²) in [5.41, 5.74) is 2.12. The van der Waals surface area contributed by atoms with Gasteiger partial charge in [0.05, 0.1) is 18.5 Å². The maximum atomic E-state index is 11.9. The van der Waals surface area contributed by atoms with Crippen molar-refractivity contribution in [1.29, 1.82) is 0 Å². The molecule has 122 valence electrons. The van der Waals surface area contributed by atoms with E-state index in [9.17, 15) is 4.79 Å². The monoisotopic (exact) mass is 339 g/mol. The van der Waals surface area contributed by atoms with E-state index in [-0.39, 0.29) is 5.91 Å². The molecule has 1 amide bonds. The number of rotatable bonds is 7. The minimum absolute atomic E-state index is 0.0338. The molecule has 3 rings (SSSR count). The molecular formula is C18H17N3O2S. The molecule has 0 spiro atoms. The third kappa shape index (κ3) is 4.70. The Labute approximate surface area is 144 Å². The van der Waals surface area contributed by atoms with Crippen molar-refractivity contribution in [2.45, 2.75) is 12.3 Å². The van der Waals surface area contributed by atoms with Crippen molar-refractivity contribution in [2.75, 3.05) is 5.75 Å². The predicted molar refractivity (Wildman–Crippen MR) is 94.2 cm³/mol. The van der Waals surface area contributed by atoms with Crippen molar-refractivity contribution in [1.82, 2.24) is 15.3 Å². The highest BCUT2D eigenvalue weighted by Gasteiger charge is 2.08. The van der Waals surface area contributed by atoms with Gasteiger partial charge in [-0.2, -0.15) is 0 Å². The topological polar surface area (TPSA) is 68.0 Å². The van der Waals surface area contributed by atoms with E-state index < -0.39 is 0 Å². The molecule has 0 atom stereocenters. The smallest absolute Gasteiger partial charge is 0.230 e. The number of hydrogen-bond acceptors (Lipinski definition) is 5. The second-order valence-corrected chi connectivity index (χ2v) is 6.09. The molecular weight excluding hydrogens is 322 g/mol. The molecule has 0 unspecified atom stereocenters. The number of nitrogens with one attached hydrogen (secondary N) is 1. The van der Waals surface area contributed by atoms with Crippen LogP contribution in [0.25, 0.3) is 11.3 Å². The fraction of sp³-hybridized carbons (Fsp3) is 0.167. The Morgan fingerprint density at radius 3 is 2.71 bits per heavy atom. The zero-order valence-electron chi connectivity index (χ0n) is 13.0. The number of hydrogen-bond donors (Lipinski definition) is 1. The minimum atomic E-state index is -0.0338. The third-order valence-electron chi connectivity index (χ3n) is 3.30. The van der Waals surface area contributed by atoms with Crippen LogP contribution in [0.2, 0.25) is 0 Å². The van der Waals surface area contributed by atoms with Crippen LogP contribution in [-0.4, -0.2) is 21.6 Å². The van der Waals surface area contributed by atoms with Gasteiger partial charge in [0.1, 0.15) is 0 Å². The van der Waals surface area contributed by atoms with Crippen molar-refractivity contribution >= 4 is 17.7 Å². The third-order valence-corrected chi connectivity index (χ3v) is 4.30. The largest absolute Gasteiger partial charge is 0.439 e. The van der Waals surface area contributed by atoms with Crippen LogP contribution in [0.3, 0.4) is 0 Å². The van der Waals surface area contributed by atoms with E-state index in [1.807, 2.05) is 42.5 Å². The Balaban J connectivity index is 1.42. The number of thioether (sulfide) groups is 1. The molecule has 0 aliphatic rings. The molecule has 0 aliphatic heterocycles. The standard InChI is InChI=1S/C18H17N3O2S/c22-17(13-24-12-14-6-8-19-9-7-14)20-11-18-21-10-16(23-18)15-4-2-1-3-5-15/h1-10H,11-13H2,(H,20,22). The molecule has 2 aromatic heterocycles. The molecule has 0 aliphatic carbocycles. The fourth-order valence-corrected chi connectivity index (χ4v) is 2.91. The average Bonchev–Trinajstić information content (AvgIpc) is 3.11. The highest BCUT2D eigenvalue weighted by molar-refractivity contribution is 7.99. The van der Waals surface area contributed by atoms with Gasteiger partial charge < -0.3 is 9.73 Å². The first kappa shape index (κ1) is 16.3. The number of benzene rings is 1. The zero-order valence-corrected chi connectivity index (χ0v) is 13.8. The van der Waals surface area contributed by atoms with Crippen molar-refractivity contribution in [3.05, 3.63) is 72.5 Å². The van der Waals surface area contributed by atoms with Crippen molar-refractivity contribution in [3.63, 3.8) is 0 Å². The van der Waals surface area contributed by atoms with Crippen LogP contribution in [-0.2, 0) is 17.1 Å². The number of aromatic nitrogens is 2. The Morgan fingerprint density at radius 2 is 1.92 bits per heavy atom. The molecule has 0 saturated heterocycles. The van der Waals surface area contributed by atoms with Gasteiger partial charge in [-0.1, -0.05) is 30.3 Å². The van der Waals surface area contributed by atoms with Gasteiger partial charge >= 0.3 is 0 Å². The van der Waals surface area contributed by atoms with E-state index in [1.165, 1.54) is 0 Å². The van der Waals surface area contributed by atoms with E-state index in [4.69, 9.17) is 4.42 Å². The Hall–Kier alpha value is -2.60. The summed E-state index contributed by atoms with van der Waals surface area (Å²) < 4.78 is 5.65. The van der Waals surface area contributed by atoms with E-state index in [2.05, 4.69) is 15.3 Å². The Kier molecular flexibility index (Phi) is 5.63. The summed E-state index contributed by atoms with van der Waals surface area (Å²) in [5.74, 6) is 2.35. The first-order chi connectivity index (χ1) is 11.8. The molecule has 6 heteroatoms. The summed E-state index contributed by atoms with van der Waals surface area (Å²) in [6.07, 6.45) is 5.18. The predicted octanol–water partition coefficient (Wildman–Crippen LogP) is 3.29. The molecule has 3 aromatic rings. The SMILES string of the molecule is O=C(CSCc1ccncc1)NCc1ncc(-c2ccccc2)o1. The fourth-order valence-electron chi connectivity index (χ4n) is 2.09. The van der Waals surface area contributed by atoms with Crippen LogP contribution < -0.4 is 5.32 Å². The Morgan fingerprint density at radius 1 is 1.12 bits per heavy atom. The summed E-state index contributed by atoms with van der Waals surface area (Å²) >= 11 is 1.56. The molecule has 2 heterocycles. The first-order valence-electron chi connectivity index (χ1n) is 7.55. The lowest BCUT2D eigenvalue weighted by Gasteiger charge is -2.03. The van der Waals surface area contributed by atoms with Crippen LogP contribution in [0.5, 0.6) is 0 Å². The molecule has 0 radical (unpaired) electrons.